The van der Waals surface area contributed by atoms with Gasteiger partial charge in [0.1, 0.15) is 0 Å². The Balaban J connectivity index is 1.61. The van der Waals surface area contributed by atoms with Gasteiger partial charge in [0, 0.05) is 17.6 Å². The van der Waals surface area contributed by atoms with Crippen molar-refractivity contribution in [3.63, 3.8) is 0 Å². The number of rotatable bonds is 2. The molecule has 0 radical (unpaired) electrons. The van der Waals surface area contributed by atoms with Crippen LogP contribution in [0.1, 0.15) is 39.6 Å². The highest BCUT2D eigenvalue weighted by atomic mass is 16.2. The number of fused-ring (bicyclic) bond motifs is 3. The van der Waals surface area contributed by atoms with E-state index in [0.29, 0.717) is 6.54 Å². The van der Waals surface area contributed by atoms with E-state index in [4.69, 9.17) is 0 Å². The standard InChI is InChI=1S/C28H27N3O/c1-19-10-13-22(14-11-19)27-26-9-6-16-30(26)25-8-5-4-7-23(25)18-31(27)28(32)29-24-15-12-20(2)21(3)17-24/h4-17,27H,18H2,1-3H3,(H,29,32)/t27-/m0/s1. The Morgan fingerprint density at radius 3 is 2.44 bits per heavy atom. The minimum atomic E-state index is -0.204. The minimum Gasteiger partial charge on any atom is -0.318 e. The third-order valence-electron chi connectivity index (χ3n) is 6.38. The second-order valence-electron chi connectivity index (χ2n) is 8.60. The van der Waals surface area contributed by atoms with E-state index in [9.17, 15) is 4.79 Å². The third-order valence-corrected chi connectivity index (χ3v) is 6.38. The normalized spacial score (nSPS) is 15.0. The summed E-state index contributed by atoms with van der Waals surface area (Å²) in [7, 11) is 0. The van der Waals surface area contributed by atoms with Crippen molar-refractivity contribution in [2.24, 2.45) is 0 Å². The predicted octanol–water partition coefficient (Wildman–Crippen LogP) is 6.54. The Hall–Kier alpha value is -3.79. The molecule has 4 heteroatoms. The zero-order valence-corrected chi connectivity index (χ0v) is 18.7. The van der Waals surface area contributed by atoms with Gasteiger partial charge in [0.05, 0.1) is 18.3 Å². The number of benzene rings is 3. The Labute approximate surface area is 189 Å². The van der Waals surface area contributed by atoms with Crippen molar-refractivity contribution < 1.29 is 4.79 Å². The molecule has 5 rings (SSSR count). The zero-order chi connectivity index (χ0) is 22.2. The van der Waals surface area contributed by atoms with E-state index >= 15 is 0 Å². The van der Waals surface area contributed by atoms with Crippen LogP contribution in [0.2, 0.25) is 0 Å². The van der Waals surface area contributed by atoms with Crippen molar-refractivity contribution in [1.29, 1.82) is 0 Å². The van der Waals surface area contributed by atoms with Crippen molar-refractivity contribution >= 4 is 11.7 Å². The summed E-state index contributed by atoms with van der Waals surface area (Å²) in [4.78, 5) is 15.7. The summed E-state index contributed by atoms with van der Waals surface area (Å²) < 4.78 is 2.21. The number of nitrogens with zero attached hydrogens (tertiary/aromatic N) is 2. The number of carbonyl (C=O) groups is 1. The van der Waals surface area contributed by atoms with Crippen molar-refractivity contribution in [2.75, 3.05) is 5.32 Å². The van der Waals surface area contributed by atoms with Gasteiger partial charge in [-0.3, -0.25) is 0 Å². The molecule has 2 amide bonds. The van der Waals surface area contributed by atoms with Crippen LogP contribution in [0, 0.1) is 20.8 Å². The average molecular weight is 422 g/mol. The summed E-state index contributed by atoms with van der Waals surface area (Å²) in [6.07, 6.45) is 2.08. The van der Waals surface area contributed by atoms with Gasteiger partial charge in [-0.2, -0.15) is 0 Å². The van der Waals surface area contributed by atoms with Crippen LogP contribution in [-0.2, 0) is 6.54 Å². The van der Waals surface area contributed by atoms with E-state index in [-0.39, 0.29) is 12.1 Å². The Bertz CT molecular complexity index is 1290. The molecule has 0 saturated carbocycles. The molecule has 4 nitrogen and oxygen atoms in total. The molecule has 3 aromatic carbocycles. The van der Waals surface area contributed by atoms with Crippen LogP contribution >= 0.6 is 0 Å². The SMILES string of the molecule is Cc1ccc([C@H]2c3cccn3-c3ccccc3CN2C(=O)Nc2ccc(C)c(C)c2)cc1. The van der Waals surface area contributed by atoms with Crippen LogP contribution in [0.5, 0.6) is 0 Å². The molecule has 4 aromatic rings. The van der Waals surface area contributed by atoms with Crippen LogP contribution in [-0.4, -0.2) is 15.5 Å². The molecule has 1 atom stereocenters. The lowest BCUT2D eigenvalue weighted by Crippen LogP contribution is -2.37. The highest BCUT2D eigenvalue weighted by molar-refractivity contribution is 5.90. The molecule has 0 fully saturated rings. The molecule has 1 aliphatic rings. The quantitative estimate of drug-likeness (QED) is 0.392. The summed E-state index contributed by atoms with van der Waals surface area (Å²) in [5.41, 5.74) is 8.80. The number of carbonyl (C=O) groups excluding carboxylic acids is 1. The molecule has 1 N–H and O–H groups in total. The molecule has 2 heterocycles. The lowest BCUT2D eigenvalue weighted by atomic mass is 10.0. The number of para-hydroxylation sites is 1. The highest BCUT2D eigenvalue weighted by Gasteiger charge is 2.32. The maximum Gasteiger partial charge on any atom is 0.322 e. The van der Waals surface area contributed by atoms with Gasteiger partial charge in [0.15, 0.2) is 0 Å². The average Bonchev–Trinajstić information content (AvgIpc) is 3.21. The maximum absolute atomic E-state index is 13.7. The van der Waals surface area contributed by atoms with Crippen LogP contribution in [0.3, 0.4) is 0 Å². The predicted molar refractivity (Wildman–Crippen MR) is 129 cm³/mol. The van der Waals surface area contributed by atoms with E-state index < -0.39 is 0 Å². The van der Waals surface area contributed by atoms with Crippen molar-refractivity contribution in [3.05, 3.63) is 119 Å². The third kappa shape index (κ3) is 3.58. The second-order valence-corrected chi connectivity index (χ2v) is 8.60. The number of amides is 2. The molecule has 1 aromatic heterocycles. The summed E-state index contributed by atoms with van der Waals surface area (Å²) in [6, 6.07) is 26.7. The molecule has 0 unspecified atom stereocenters. The lowest BCUT2D eigenvalue weighted by molar-refractivity contribution is 0.194. The van der Waals surface area contributed by atoms with Gasteiger partial charge in [-0.1, -0.05) is 54.1 Å². The summed E-state index contributed by atoms with van der Waals surface area (Å²) >= 11 is 0. The van der Waals surface area contributed by atoms with Gasteiger partial charge >= 0.3 is 6.03 Å². The largest absolute Gasteiger partial charge is 0.322 e. The molecule has 160 valence electrons. The first-order valence-electron chi connectivity index (χ1n) is 11.0. The van der Waals surface area contributed by atoms with Crippen molar-refractivity contribution in [1.82, 2.24) is 9.47 Å². The monoisotopic (exact) mass is 421 g/mol. The van der Waals surface area contributed by atoms with Gasteiger partial charge in [0.2, 0.25) is 0 Å². The van der Waals surface area contributed by atoms with Crippen LogP contribution in [0.25, 0.3) is 5.69 Å². The highest BCUT2D eigenvalue weighted by Crippen LogP contribution is 2.37. The molecule has 1 aliphatic heterocycles. The molecular formula is C28H27N3O. The second kappa shape index (κ2) is 8.04. The first-order chi connectivity index (χ1) is 15.5. The van der Waals surface area contributed by atoms with E-state index in [0.717, 1.165) is 33.8 Å². The number of aryl methyl sites for hydroxylation is 3. The first-order valence-corrected chi connectivity index (χ1v) is 11.0. The molecular weight excluding hydrogens is 394 g/mol. The number of nitrogens with one attached hydrogen (secondary N) is 1. The Morgan fingerprint density at radius 2 is 1.66 bits per heavy atom. The molecule has 0 aliphatic carbocycles. The number of urea groups is 1. The van der Waals surface area contributed by atoms with Crippen LogP contribution in [0.4, 0.5) is 10.5 Å². The van der Waals surface area contributed by atoms with Crippen molar-refractivity contribution in [2.45, 2.75) is 33.4 Å². The van der Waals surface area contributed by atoms with Gasteiger partial charge < -0.3 is 14.8 Å². The Morgan fingerprint density at radius 1 is 0.875 bits per heavy atom. The zero-order valence-electron chi connectivity index (χ0n) is 18.7. The molecule has 0 saturated heterocycles. The van der Waals surface area contributed by atoms with Crippen LogP contribution in [0.15, 0.2) is 85.1 Å². The molecule has 0 spiro atoms. The molecule has 0 bridgehead atoms. The van der Waals surface area contributed by atoms with Gasteiger partial charge in [-0.25, -0.2) is 4.79 Å². The molecule has 32 heavy (non-hydrogen) atoms. The summed E-state index contributed by atoms with van der Waals surface area (Å²) in [5.74, 6) is 0. The topological polar surface area (TPSA) is 37.3 Å². The fourth-order valence-corrected chi connectivity index (χ4v) is 4.45. The summed E-state index contributed by atoms with van der Waals surface area (Å²) in [5, 5.41) is 3.15. The smallest absolute Gasteiger partial charge is 0.318 e. The summed E-state index contributed by atoms with van der Waals surface area (Å²) in [6.45, 7) is 6.75. The number of aromatic nitrogens is 1. The van der Waals surface area contributed by atoms with Gasteiger partial charge in [-0.05, 0) is 73.4 Å². The fraction of sp³-hybridized carbons (Fsp3) is 0.179. The van der Waals surface area contributed by atoms with E-state index in [2.05, 4.69) is 85.4 Å². The van der Waals surface area contributed by atoms with Gasteiger partial charge in [-0.15, -0.1) is 0 Å². The first kappa shape index (κ1) is 20.1. The number of hydrogen-bond donors (Lipinski definition) is 1. The minimum absolute atomic E-state index is 0.108. The van der Waals surface area contributed by atoms with Crippen LogP contribution < -0.4 is 5.32 Å². The van der Waals surface area contributed by atoms with E-state index in [1.807, 2.05) is 35.2 Å². The van der Waals surface area contributed by atoms with Gasteiger partial charge in [0.25, 0.3) is 0 Å². The van der Waals surface area contributed by atoms with E-state index in [1.54, 1.807) is 0 Å². The Kier molecular flexibility index (Phi) is 5.06. The van der Waals surface area contributed by atoms with E-state index in [1.165, 1.54) is 11.1 Å². The number of anilines is 1. The maximum atomic E-state index is 13.7. The van der Waals surface area contributed by atoms with Crippen molar-refractivity contribution in [3.8, 4) is 5.69 Å². The fourth-order valence-electron chi connectivity index (χ4n) is 4.45. The lowest BCUT2D eigenvalue weighted by Gasteiger charge is -2.31. The number of hydrogen-bond acceptors (Lipinski definition) is 1.